The maximum absolute atomic E-state index is 11.8. The molecule has 116 valence electrons. The monoisotopic (exact) mass is 334 g/mol. The van der Waals surface area contributed by atoms with Gasteiger partial charge in [0.2, 0.25) is 11.8 Å². The van der Waals surface area contributed by atoms with E-state index in [2.05, 4.69) is 10.2 Å². The Morgan fingerprint density at radius 3 is 2.81 bits per heavy atom. The van der Waals surface area contributed by atoms with Crippen LogP contribution in [-0.4, -0.2) is 47.9 Å². The van der Waals surface area contributed by atoms with Crippen LogP contribution in [0, 0.1) is 0 Å². The molecule has 0 aromatic carbocycles. The fraction of sp³-hybridized carbons (Fsp3) is 0.455. The van der Waals surface area contributed by atoms with E-state index < -0.39 is 34.0 Å². The van der Waals surface area contributed by atoms with Gasteiger partial charge in [-0.1, -0.05) is 6.07 Å². The van der Waals surface area contributed by atoms with Gasteiger partial charge in [-0.05, 0) is 18.4 Å². The van der Waals surface area contributed by atoms with Crippen molar-refractivity contribution in [1.29, 1.82) is 0 Å². The van der Waals surface area contributed by atoms with Crippen molar-refractivity contribution in [3.8, 4) is 0 Å². The van der Waals surface area contributed by atoms with Crippen LogP contribution in [0.15, 0.2) is 17.5 Å². The van der Waals surface area contributed by atoms with Gasteiger partial charge in [0.25, 0.3) is 16.0 Å². The Kier molecular flexibility index (Phi) is 4.61. The molecule has 2 amide bonds. The maximum atomic E-state index is 11.8. The summed E-state index contributed by atoms with van der Waals surface area (Å²) >= 11 is 1.44. The molecule has 1 aromatic rings. The first-order chi connectivity index (χ1) is 9.78. The van der Waals surface area contributed by atoms with Gasteiger partial charge in [0, 0.05) is 4.88 Å². The lowest BCUT2D eigenvalue weighted by molar-refractivity contribution is -0.224. The van der Waals surface area contributed by atoms with Gasteiger partial charge in [0.15, 0.2) is 0 Å². The second-order valence-electron chi connectivity index (χ2n) is 4.53. The number of amides is 2. The zero-order valence-corrected chi connectivity index (χ0v) is 12.7. The Morgan fingerprint density at radius 2 is 2.29 bits per heavy atom. The second kappa shape index (κ2) is 6.10. The van der Waals surface area contributed by atoms with E-state index in [1.54, 1.807) is 6.92 Å². The SMILES string of the molecule is C[C@H]1[C@H](NC(=O)Cc2cccs2)C(=O)N1OCS(=O)(=O)O. The van der Waals surface area contributed by atoms with E-state index >= 15 is 0 Å². The molecule has 1 aliphatic heterocycles. The number of hydrogen-bond donors (Lipinski definition) is 2. The van der Waals surface area contributed by atoms with E-state index in [1.807, 2.05) is 17.5 Å². The van der Waals surface area contributed by atoms with E-state index in [1.165, 1.54) is 11.3 Å². The molecule has 1 saturated heterocycles. The number of β-lactam (4-membered cyclic amide) rings is 1. The van der Waals surface area contributed by atoms with Gasteiger partial charge in [-0.2, -0.15) is 8.42 Å². The number of hydrogen-bond acceptors (Lipinski definition) is 6. The molecule has 2 heterocycles. The van der Waals surface area contributed by atoms with Crippen LogP contribution in [0.25, 0.3) is 0 Å². The van der Waals surface area contributed by atoms with E-state index in [0.717, 1.165) is 9.94 Å². The number of nitrogens with zero attached hydrogens (tertiary/aromatic N) is 1. The predicted octanol–water partition coefficient (Wildman–Crippen LogP) is -0.217. The molecule has 10 heteroatoms. The van der Waals surface area contributed by atoms with Crippen molar-refractivity contribution < 1.29 is 27.4 Å². The van der Waals surface area contributed by atoms with E-state index in [0.29, 0.717) is 0 Å². The van der Waals surface area contributed by atoms with Gasteiger partial charge < -0.3 is 5.32 Å². The minimum atomic E-state index is -4.32. The molecular weight excluding hydrogens is 320 g/mol. The highest BCUT2D eigenvalue weighted by Crippen LogP contribution is 2.20. The summed E-state index contributed by atoms with van der Waals surface area (Å²) in [5.41, 5.74) is 0. The van der Waals surface area contributed by atoms with Gasteiger partial charge in [0.1, 0.15) is 6.04 Å². The van der Waals surface area contributed by atoms with Crippen molar-refractivity contribution in [2.24, 2.45) is 0 Å². The fourth-order valence-electron chi connectivity index (χ4n) is 1.88. The highest BCUT2D eigenvalue weighted by Gasteiger charge is 2.47. The van der Waals surface area contributed by atoms with E-state index in [9.17, 15) is 18.0 Å². The first-order valence-corrected chi connectivity index (χ1v) is 8.50. The molecule has 21 heavy (non-hydrogen) atoms. The Balaban J connectivity index is 1.83. The molecule has 1 aliphatic rings. The third kappa shape index (κ3) is 4.00. The smallest absolute Gasteiger partial charge is 0.292 e. The van der Waals surface area contributed by atoms with Crippen LogP contribution in [0.1, 0.15) is 11.8 Å². The molecule has 0 aliphatic carbocycles. The van der Waals surface area contributed by atoms with Crippen LogP contribution in [0.4, 0.5) is 0 Å². The summed E-state index contributed by atoms with van der Waals surface area (Å²) in [6, 6.07) is 2.39. The quantitative estimate of drug-likeness (QED) is 0.549. The molecule has 0 unspecified atom stereocenters. The van der Waals surface area contributed by atoms with E-state index in [4.69, 9.17) is 4.55 Å². The Hall–Kier alpha value is -1.49. The van der Waals surface area contributed by atoms with Crippen molar-refractivity contribution in [2.75, 3.05) is 5.94 Å². The number of rotatable bonds is 6. The summed E-state index contributed by atoms with van der Waals surface area (Å²) in [5.74, 6) is -1.85. The Labute approximate surface area is 125 Å². The Morgan fingerprint density at radius 1 is 1.57 bits per heavy atom. The van der Waals surface area contributed by atoms with Crippen molar-refractivity contribution in [1.82, 2.24) is 10.4 Å². The highest BCUT2D eigenvalue weighted by molar-refractivity contribution is 7.85. The largest absolute Gasteiger partial charge is 0.342 e. The molecule has 0 saturated carbocycles. The molecular formula is C11H14N2O6S2. The average molecular weight is 334 g/mol. The lowest BCUT2D eigenvalue weighted by atomic mass is 10.00. The highest BCUT2D eigenvalue weighted by atomic mass is 32.2. The molecule has 1 fully saturated rings. The average Bonchev–Trinajstić information content (AvgIpc) is 2.87. The summed E-state index contributed by atoms with van der Waals surface area (Å²) in [6.07, 6.45) is 0.181. The summed E-state index contributed by atoms with van der Waals surface area (Å²) in [5, 5.41) is 5.24. The normalized spacial score (nSPS) is 22.0. The summed E-state index contributed by atoms with van der Waals surface area (Å²) in [7, 11) is -4.32. The maximum Gasteiger partial charge on any atom is 0.292 e. The van der Waals surface area contributed by atoms with Gasteiger partial charge in [0.05, 0.1) is 12.5 Å². The molecule has 0 radical (unpaired) electrons. The summed E-state index contributed by atoms with van der Waals surface area (Å²) in [4.78, 5) is 29.1. The van der Waals surface area contributed by atoms with Crippen LogP contribution < -0.4 is 5.32 Å². The third-order valence-electron chi connectivity index (χ3n) is 2.91. The molecule has 1 aromatic heterocycles. The van der Waals surface area contributed by atoms with Gasteiger partial charge in [-0.25, -0.2) is 5.06 Å². The predicted molar refractivity (Wildman–Crippen MR) is 73.8 cm³/mol. The molecule has 8 nitrogen and oxygen atoms in total. The number of thiophene rings is 1. The molecule has 2 N–H and O–H groups in total. The van der Waals surface area contributed by atoms with Gasteiger partial charge in [-0.3, -0.25) is 19.0 Å². The van der Waals surface area contributed by atoms with Crippen LogP contribution in [0.5, 0.6) is 0 Å². The van der Waals surface area contributed by atoms with Crippen molar-refractivity contribution in [3.63, 3.8) is 0 Å². The van der Waals surface area contributed by atoms with Crippen molar-refractivity contribution in [2.45, 2.75) is 25.4 Å². The van der Waals surface area contributed by atoms with Crippen molar-refractivity contribution >= 4 is 33.3 Å². The molecule has 2 atom stereocenters. The topological polar surface area (TPSA) is 113 Å². The lowest BCUT2D eigenvalue weighted by Gasteiger charge is -2.43. The molecule has 2 rings (SSSR count). The third-order valence-corrected chi connectivity index (χ3v) is 4.19. The number of carbonyl (C=O) groups is 2. The summed E-state index contributed by atoms with van der Waals surface area (Å²) < 4.78 is 29.7. The zero-order valence-electron chi connectivity index (χ0n) is 11.1. The van der Waals surface area contributed by atoms with Crippen LogP contribution in [0.2, 0.25) is 0 Å². The minimum Gasteiger partial charge on any atom is -0.342 e. The minimum absolute atomic E-state index is 0.181. The van der Waals surface area contributed by atoms with Crippen LogP contribution >= 0.6 is 11.3 Å². The fourth-order valence-corrected chi connectivity index (χ4v) is 2.83. The second-order valence-corrected chi connectivity index (χ2v) is 6.97. The molecule has 0 bridgehead atoms. The first-order valence-electron chi connectivity index (χ1n) is 6.01. The summed E-state index contributed by atoms with van der Waals surface area (Å²) in [6.45, 7) is 1.60. The standard InChI is InChI=1S/C11H14N2O6S2/c1-7-10(11(15)13(7)19-6-21(16,17)18)12-9(14)5-8-3-2-4-20-8/h2-4,7,10H,5-6H2,1H3,(H,12,14)(H,16,17,18)/t7-,10-/m0/s1. The number of nitrogens with one attached hydrogen (secondary N) is 1. The first kappa shape index (κ1) is 15.9. The van der Waals surface area contributed by atoms with Gasteiger partial charge in [-0.15, -0.1) is 11.3 Å². The van der Waals surface area contributed by atoms with Gasteiger partial charge >= 0.3 is 0 Å². The van der Waals surface area contributed by atoms with Crippen molar-refractivity contribution in [3.05, 3.63) is 22.4 Å². The Bertz CT molecular complexity index is 627. The van der Waals surface area contributed by atoms with E-state index in [-0.39, 0.29) is 12.3 Å². The zero-order chi connectivity index (χ0) is 15.6. The van der Waals surface area contributed by atoms with Crippen LogP contribution in [-0.2, 0) is 31.0 Å². The van der Waals surface area contributed by atoms with Crippen LogP contribution in [0.3, 0.4) is 0 Å². The lowest BCUT2D eigenvalue weighted by Crippen LogP contribution is -2.69. The number of hydroxylamine groups is 2. The molecule has 0 spiro atoms. The number of carbonyl (C=O) groups excluding carboxylic acids is 2.